The van der Waals surface area contributed by atoms with Crippen molar-refractivity contribution in [3.8, 4) is 0 Å². The molecule has 0 radical (unpaired) electrons. The monoisotopic (exact) mass is 314 g/mol. The van der Waals surface area contributed by atoms with Crippen LogP contribution >= 0.6 is 0 Å². The number of benzene rings is 2. The van der Waals surface area contributed by atoms with Crippen molar-refractivity contribution in [2.24, 2.45) is 5.41 Å². The second kappa shape index (κ2) is 5.01. The van der Waals surface area contributed by atoms with Gasteiger partial charge in [-0.05, 0) is 41.8 Å². The van der Waals surface area contributed by atoms with Crippen LogP contribution in [-0.2, 0) is 10.2 Å². The molecule has 2 aromatic carbocycles. The van der Waals surface area contributed by atoms with E-state index >= 15 is 0 Å². The lowest BCUT2D eigenvalue weighted by molar-refractivity contribution is -0.133. The van der Waals surface area contributed by atoms with Crippen molar-refractivity contribution >= 4 is 5.97 Å². The average Bonchev–Trinajstić information content (AvgIpc) is 3.16. The van der Waals surface area contributed by atoms with Crippen molar-refractivity contribution in [3.63, 3.8) is 0 Å². The van der Waals surface area contributed by atoms with Crippen LogP contribution in [0.1, 0.15) is 24.5 Å². The van der Waals surface area contributed by atoms with Gasteiger partial charge in [-0.25, -0.2) is 13.6 Å². The van der Waals surface area contributed by atoms with E-state index in [4.69, 9.17) is 0 Å². The fourth-order valence-electron chi connectivity index (χ4n) is 3.56. The largest absolute Gasteiger partial charge is 0.478 e. The topological polar surface area (TPSA) is 37.3 Å². The van der Waals surface area contributed by atoms with E-state index in [1.807, 2.05) is 6.92 Å². The van der Waals surface area contributed by atoms with Crippen LogP contribution < -0.4 is 0 Å². The van der Waals surface area contributed by atoms with Gasteiger partial charge in [0.2, 0.25) is 0 Å². The molecule has 23 heavy (non-hydrogen) atoms. The summed E-state index contributed by atoms with van der Waals surface area (Å²) in [6.07, 6.45) is 0.530. The van der Waals surface area contributed by atoms with Crippen molar-refractivity contribution in [2.45, 2.75) is 18.8 Å². The molecule has 1 unspecified atom stereocenters. The highest BCUT2D eigenvalue weighted by molar-refractivity contribution is 5.89. The molecule has 0 saturated heterocycles. The summed E-state index contributed by atoms with van der Waals surface area (Å²) >= 11 is 0. The van der Waals surface area contributed by atoms with E-state index < -0.39 is 16.8 Å². The van der Waals surface area contributed by atoms with E-state index in [-0.39, 0.29) is 17.2 Å². The first-order chi connectivity index (χ1) is 10.8. The molecule has 2 aromatic rings. The summed E-state index contributed by atoms with van der Waals surface area (Å²) in [4.78, 5) is 11.4. The fraction of sp³-hybridized carbons (Fsp3) is 0.211. The van der Waals surface area contributed by atoms with Crippen molar-refractivity contribution in [3.05, 3.63) is 83.4 Å². The van der Waals surface area contributed by atoms with Gasteiger partial charge in [-0.15, -0.1) is 0 Å². The van der Waals surface area contributed by atoms with E-state index in [1.165, 1.54) is 24.3 Å². The number of carboxylic acid groups (broad SMARTS) is 1. The minimum Gasteiger partial charge on any atom is -0.478 e. The fourth-order valence-corrected chi connectivity index (χ4v) is 3.56. The van der Waals surface area contributed by atoms with Gasteiger partial charge in [0.05, 0.1) is 0 Å². The summed E-state index contributed by atoms with van der Waals surface area (Å²) in [7, 11) is 0. The molecule has 0 heterocycles. The first kappa shape index (κ1) is 15.4. The van der Waals surface area contributed by atoms with Crippen LogP contribution in [0, 0.1) is 17.0 Å². The molecule has 1 N–H and O–H groups in total. The van der Waals surface area contributed by atoms with E-state index in [0.29, 0.717) is 6.42 Å². The highest BCUT2D eigenvalue weighted by Gasteiger charge is 2.68. The zero-order valence-electron chi connectivity index (χ0n) is 12.6. The van der Waals surface area contributed by atoms with Gasteiger partial charge in [-0.1, -0.05) is 37.8 Å². The van der Waals surface area contributed by atoms with Gasteiger partial charge < -0.3 is 5.11 Å². The van der Waals surface area contributed by atoms with Crippen LogP contribution in [0.25, 0.3) is 0 Å². The van der Waals surface area contributed by atoms with E-state index in [0.717, 1.165) is 11.1 Å². The Morgan fingerprint density at radius 3 is 1.74 bits per heavy atom. The second-order valence-corrected chi connectivity index (χ2v) is 6.21. The maximum atomic E-state index is 13.3. The third kappa shape index (κ3) is 2.17. The number of hydrogen-bond donors (Lipinski definition) is 1. The van der Waals surface area contributed by atoms with Gasteiger partial charge in [-0.2, -0.15) is 0 Å². The third-order valence-electron chi connectivity index (χ3n) is 5.03. The second-order valence-electron chi connectivity index (χ2n) is 6.21. The van der Waals surface area contributed by atoms with Gasteiger partial charge in [0.15, 0.2) is 0 Å². The predicted molar refractivity (Wildman–Crippen MR) is 83.1 cm³/mol. The van der Waals surface area contributed by atoms with Crippen LogP contribution in [-0.4, -0.2) is 11.1 Å². The zero-order chi connectivity index (χ0) is 16.8. The molecular weight excluding hydrogens is 298 g/mol. The Morgan fingerprint density at radius 1 is 1.00 bits per heavy atom. The SMILES string of the molecule is C=C(C(=O)O)C1(C)CC1(c1ccc(F)cc1)c1ccc(F)cc1. The van der Waals surface area contributed by atoms with Crippen molar-refractivity contribution in [2.75, 3.05) is 0 Å². The zero-order valence-corrected chi connectivity index (χ0v) is 12.6. The van der Waals surface area contributed by atoms with Crippen molar-refractivity contribution in [1.82, 2.24) is 0 Å². The van der Waals surface area contributed by atoms with Crippen LogP contribution in [0.15, 0.2) is 60.7 Å². The van der Waals surface area contributed by atoms with Crippen LogP contribution in [0.4, 0.5) is 8.78 Å². The van der Waals surface area contributed by atoms with Crippen molar-refractivity contribution < 1.29 is 18.7 Å². The first-order valence-electron chi connectivity index (χ1n) is 7.26. The highest BCUT2D eigenvalue weighted by Crippen LogP contribution is 2.71. The minimum absolute atomic E-state index is 0.103. The highest BCUT2D eigenvalue weighted by atomic mass is 19.1. The first-order valence-corrected chi connectivity index (χ1v) is 7.26. The molecule has 4 heteroatoms. The molecule has 0 bridgehead atoms. The molecule has 0 aliphatic heterocycles. The molecule has 3 rings (SSSR count). The summed E-state index contributed by atoms with van der Waals surface area (Å²) < 4.78 is 26.5. The molecule has 1 fully saturated rings. The van der Waals surface area contributed by atoms with Crippen LogP contribution in [0.5, 0.6) is 0 Å². The summed E-state index contributed by atoms with van der Waals surface area (Å²) in [6.45, 7) is 5.55. The summed E-state index contributed by atoms with van der Waals surface area (Å²) in [6, 6.07) is 12.0. The molecule has 1 saturated carbocycles. The van der Waals surface area contributed by atoms with Crippen LogP contribution in [0.3, 0.4) is 0 Å². The van der Waals surface area contributed by atoms with Gasteiger partial charge in [0, 0.05) is 16.4 Å². The Balaban J connectivity index is 2.16. The smallest absolute Gasteiger partial charge is 0.331 e. The third-order valence-corrected chi connectivity index (χ3v) is 5.03. The normalized spacial score (nSPS) is 21.7. The van der Waals surface area contributed by atoms with Gasteiger partial charge in [-0.3, -0.25) is 0 Å². The summed E-state index contributed by atoms with van der Waals surface area (Å²) in [5, 5.41) is 9.35. The lowest BCUT2D eigenvalue weighted by Crippen LogP contribution is -2.23. The predicted octanol–water partition coefficient (Wildman–Crippen LogP) is 4.30. The van der Waals surface area contributed by atoms with Gasteiger partial charge >= 0.3 is 5.97 Å². The van der Waals surface area contributed by atoms with E-state index in [9.17, 15) is 18.7 Å². The Bertz CT molecular complexity index is 733. The summed E-state index contributed by atoms with van der Waals surface area (Å²) in [5.41, 5.74) is 0.371. The van der Waals surface area contributed by atoms with E-state index in [2.05, 4.69) is 6.58 Å². The number of aliphatic carboxylic acids is 1. The van der Waals surface area contributed by atoms with Crippen molar-refractivity contribution in [1.29, 1.82) is 0 Å². The number of carbonyl (C=O) groups is 1. The van der Waals surface area contributed by atoms with Crippen LogP contribution in [0.2, 0.25) is 0 Å². The number of hydrogen-bond acceptors (Lipinski definition) is 1. The molecule has 1 aliphatic rings. The maximum absolute atomic E-state index is 13.3. The Kier molecular flexibility index (Phi) is 3.36. The molecule has 0 spiro atoms. The lowest BCUT2D eigenvalue weighted by Gasteiger charge is -2.24. The standard InChI is InChI=1S/C19H16F2O2/c1-12(17(22)23)18(2)11-19(18,13-3-7-15(20)8-4-13)14-5-9-16(21)10-6-14/h3-10H,1,11H2,2H3,(H,22,23). The number of halogens is 2. The quantitative estimate of drug-likeness (QED) is 0.854. The average molecular weight is 314 g/mol. The molecule has 1 atom stereocenters. The molecule has 2 nitrogen and oxygen atoms in total. The summed E-state index contributed by atoms with van der Waals surface area (Å²) in [5.74, 6) is -1.77. The van der Waals surface area contributed by atoms with E-state index in [1.54, 1.807) is 24.3 Å². The molecule has 1 aliphatic carbocycles. The molecule has 0 aromatic heterocycles. The Hall–Kier alpha value is -2.49. The van der Waals surface area contributed by atoms with Gasteiger partial charge in [0.25, 0.3) is 0 Å². The molecule has 0 amide bonds. The van der Waals surface area contributed by atoms with Gasteiger partial charge in [0.1, 0.15) is 11.6 Å². The minimum atomic E-state index is -1.06. The Labute approximate surface area is 133 Å². The number of carboxylic acids is 1. The molecule has 118 valence electrons. The number of rotatable bonds is 4. The Morgan fingerprint density at radius 2 is 1.39 bits per heavy atom. The lowest BCUT2D eigenvalue weighted by atomic mass is 9.78. The maximum Gasteiger partial charge on any atom is 0.331 e. The molecular formula is C19H16F2O2.